The first-order valence-corrected chi connectivity index (χ1v) is 11.6. The second-order valence-electron chi connectivity index (χ2n) is 10.2. The van der Waals surface area contributed by atoms with E-state index >= 15 is 0 Å². The van der Waals surface area contributed by atoms with Gasteiger partial charge < -0.3 is 35.0 Å². The normalized spacial score (nSPS) is 46.8. The zero-order valence-corrected chi connectivity index (χ0v) is 17.9. The number of benzene rings is 1. The van der Waals surface area contributed by atoms with Crippen molar-refractivity contribution in [1.82, 2.24) is 0 Å². The molecule has 0 spiro atoms. The lowest BCUT2D eigenvalue weighted by Gasteiger charge is -2.51. The van der Waals surface area contributed by atoms with E-state index in [1.807, 2.05) is 6.07 Å². The topological polar surface area (TPSA) is 120 Å². The SMILES string of the molecule is CC12CCC3c4ccc(O)cc4CCC3C1CC[C@@H]2O[C@@H]1OC(CO)[C@@H](O)C(O)C1O. The van der Waals surface area contributed by atoms with Crippen LogP contribution in [0, 0.1) is 17.3 Å². The minimum Gasteiger partial charge on any atom is -0.508 e. The number of hydrogen-bond donors (Lipinski definition) is 5. The van der Waals surface area contributed by atoms with Gasteiger partial charge in [0.2, 0.25) is 0 Å². The first-order valence-electron chi connectivity index (χ1n) is 11.6. The van der Waals surface area contributed by atoms with Crippen LogP contribution in [0.1, 0.15) is 56.1 Å². The Hall–Kier alpha value is -1.22. The zero-order chi connectivity index (χ0) is 21.9. The van der Waals surface area contributed by atoms with E-state index in [0.717, 1.165) is 38.5 Å². The molecule has 0 amide bonds. The highest BCUT2D eigenvalue weighted by Gasteiger charge is 2.57. The van der Waals surface area contributed by atoms with Gasteiger partial charge in [-0.25, -0.2) is 0 Å². The van der Waals surface area contributed by atoms with Gasteiger partial charge in [0.05, 0.1) is 12.7 Å². The predicted octanol–water partition coefficient (Wildman–Crippen LogP) is 1.43. The number of aliphatic hydroxyl groups excluding tert-OH is 4. The molecule has 1 aromatic rings. The van der Waals surface area contributed by atoms with Crippen LogP contribution >= 0.6 is 0 Å². The maximum absolute atomic E-state index is 10.4. The smallest absolute Gasteiger partial charge is 0.186 e. The van der Waals surface area contributed by atoms with Gasteiger partial charge in [-0.15, -0.1) is 0 Å². The summed E-state index contributed by atoms with van der Waals surface area (Å²) in [6, 6.07) is 5.81. The summed E-state index contributed by atoms with van der Waals surface area (Å²) in [4.78, 5) is 0. The minimum atomic E-state index is -1.41. The summed E-state index contributed by atoms with van der Waals surface area (Å²) < 4.78 is 11.9. The molecule has 5 rings (SSSR count). The van der Waals surface area contributed by atoms with Gasteiger partial charge >= 0.3 is 0 Å². The summed E-state index contributed by atoms with van der Waals surface area (Å²) in [5.41, 5.74) is 2.61. The fraction of sp³-hybridized carbons (Fsp3) is 0.750. The van der Waals surface area contributed by atoms with Gasteiger partial charge in [-0.1, -0.05) is 13.0 Å². The van der Waals surface area contributed by atoms with E-state index < -0.39 is 37.3 Å². The van der Waals surface area contributed by atoms with Crippen molar-refractivity contribution in [2.45, 2.75) is 88.2 Å². The second-order valence-corrected chi connectivity index (χ2v) is 10.2. The predicted molar refractivity (Wildman–Crippen MR) is 111 cm³/mol. The highest BCUT2D eigenvalue weighted by Crippen LogP contribution is 2.61. The lowest BCUT2D eigenvalue weighted by atomic mass is 9.55. The standard InChI is InChI=1S/C24H34O7/c1-24-9-8-15-14-5-3-13(26)10-12(14)2-4-16(15)17(24)6-7-19(24)31-23-22(29)21(28)20(27)18(11-25)30-23/h3,5,10,15-23,25-29H,2,4,6-9,11H2,1H3/t15?,16?,17?,18?,19-,20+,21?,22?,23-,24?/m0/s1. The lowest BCUT2D eigenvalue weighted by Crippen LogP contribution is -2.60. The Labute approximate surface area is 182 Å². The van der Waals surface area contributed by atoms with Crippen molar-refractivity contribution in [1.29, 1.82) is 0 Å². The van der Waals surface area contributed by atoms with E-state index in [9.17, 15) is 25.5 Å². The molecule has 3 aliphatic carbocycles. The number of hydrogen-bond acceptors (Lipinski definition) is 7. The van der Waals surface area contributed by atoms with E-state index in [4.69, 9.17) is 9.47 Å². The summed E-state index contributed by atoms with van der Waals surface area (Å²) in [5, 5.41) is 49.9. The Morgan fingerprint density at radius 2 is 1.87 bits per heavy atom. The van der Waals surface area contributed by atoms with Crippen LogP contribution in [0.5, 0.6) is 5.75 Å². The van der Waals surface area contributed by atoms with Gasteiger partial charge in [0.1, 0.15) is 30.2 Å². The summed E-state index contributed by atoms with van der Waals surface area (Å²) in [7, 11) is 0. The molecule has 2 saturated carbocycles. The van der Waals surface area contributed by atoms with Crippen LogP contribution in [0.4, 0.5) is 0 Å². The van der Waals surface area contributed by atoms with Crippen molar-refractivity contribution in [2.24, 2.45) is 17.3 Å². The molecule has 1 heterocycles. The van der Waals surface area contributed by atoms with Crippen molar-refractivity contribution >= 4 is 0 Å². The van der Waals surface area contributed by atoms with Crippen molar-refractivity contribution in [2.75, 3.05) is 6.61 Å². The third-order valence-electron chi connectivity index (χ3n) is 8.77. The van der Waals surface area contributed by atoms with Crippen molar-refractivity contribution < 1.29 is 35.0 Å². The first kappa shape index (κ1) is 21.6. The Morgan fingerprint density at radius 1 is 1.06 bits per heavy atom. The van der Waals surface area contributed by atoms with Crippen LogP contribution in [0.3, 0.4) is 0 Å². The molecule has 0 radical (unpaired) electrons. The summed E-state index contributed by atoms with van der Waals surface area (Å²) in [6.07, 6.45) is -0.206. The van der Waals surface area contributed by atoms with Crippen LogP contribution in [0.15, 0.2) is 18.2 Å². The van der Waals surface area contributed by atoms with E-state index in [2.05, 4.69) is 13.0 Å². The Morgan fingerprint density at radius 3 is 2.65 bits per heavy atom. The van der Waals surface area contributed by atoms with Gasteiger partial charge in [0.15, 0.2) is 6.29 Å². The molecule has 0 bridgehead atoms. The molecule has 3 fully saturated rings. The Kier molecular flexibility index (Phi) is 5.56. The Balaban J connectivity index is 1.33. The molecule has 7 heteroatoms. The molecule has 1 aliphatic heterocycles. The monoisotopic (exact) mass is 434 g/mol. The summed E-state index contributed by atoms with van der Waals surface area (Å²) in [6.45, 7) is 1.83. The third kappa shape index (κ3) is 3.41. The van der Waals surface area contributed by atoms with Gasteiger partial charge in [0.25, 0.3) is 0 Å². The van der Waals surface area contributed by atoms with E-state index in [0.29, 0.717) is 23.5 Å². The number of phenols is 1. The minimum absolute atomic E-state index is 0.0472. The number of ether oxygens (including phenoxy) is 2. The van der Waals surface area contributed by atoms with Crippen molar-refractivity contribution in [3.8, 4) is 5.75 Å². The molecule has 4 aliphatic rings. The quantitative estimate of drug-likeness (QED) is 0.488. The number of aliphatic hydroxyl groups is 4. The molecular weight excluding hydrogens is 400 g/mol. The van der Waals surface area contributed by atoms with Gasteiger partial charge in [-0.2, -0.15) is 0 Å². The van der Waals surface area contributed by atoms with Gasteiger partial charge in [0, 0.05) is 0 Å². The summed E-state index contributed by atoms with van der Waals surface area (Å²) >= 11 is 0. The number of fused-ring (bicyclic) bond motifs is 5. The second kappa shape index (κ2) is 7.97. The highest BCUT2D eigenvalue weighted by molar-refractivity contribution is 5.40. The maximum atomic E-state index is 10.4. The van der Waals surface area contributed by atoms with Gasteiger partial charge in [-0.3, -0.25) is 0 Å². The van der Waals surface area contributed by atoms with E-state index in [1.165, 1.54) is 11.1 Å². The van der Waals surface area contributed by atoms with Gasteiger partial charge in [-0.05, 0) is 85.0 Å². The fourth-order valence-electron chi connectivity index (χ4n) is 7.09. The maximum Gasteiger partial charge on any atom is 0.186 e. The molecule has 0 aromatic heterocycles. The van der Waals surface area contributed by atoms with Crippen LogP contribution < -0.4 is 0 Å². The summed E-state index contributed by atoms with van der Waals surface area (Å²) in [5.74, 6) is 1.92. The number of aryl methyl sites for hydroxylation is 1. The molecule has 10 atom stereocenters. The average Bonchev–Trinajstić information content (AvgIpc) is 3.09. The number of phenolic OH excluding ortho intramolecular Hbond substituents is 1. The highest BCUT2D eigenvalue weighted by atomic mass is 16.7. The molecule has 7 unspecified atom stereocenters. The van der Waals surface area contributed by atoms with Crippen LogP contribution in [0.2, 0.25) is 0 Å². The average molecular weight is 435 g/mol. The van der Waals surface area contributed by atoms with Crippen LogP contribution in [0.25, 0.3) is 0 Å². The van der Waals surface area contributed by atoms with Crippen LogP contribution in [-0.4, -0.2) is 68.9 Å². The molecule has 1 saturated heterocycles. The molecule has 5 N–H and O–H groups in total. The van der Waals surface area contributed by atoms with E-state index in [-0.39, 0.29) is 11.5 Å². The first-order chi connectivity index (χ1) is 14.8. The fourth-order valence-corrected chi connectivity index (χ4v) is 7.09. The largest absolute Gasteiger partial charge is 0.508 e. The zero-order valence-electron chi connectivity index (χ0n) is 17.9. The lowest BCUT2D eigenvalue weighted by molar-refractivity contribution is -0.319. The van der Waals surface area contributed by atoms with Crippen molar-refractivity contribution in [3.63, 3.8) is 0 Å². The molecular formula is C24H34O7. The third-order valence-corrected chi connectivity index (χ3v) is 8.77. The van der Waals surface area contributed by atoms with Crippen molar-refractivity contribution in [3.05, 3.63) is 29.3 Å². The molecule has 7 nitrogen and oxygen atoms in total. The molecule has 1 aromatic carbocycles. The number of aromatic hydroxyl groups is 1. The Bertz CT molecular complexity index is 813. The van der Waals surface area contributed by atoms with Crippen LogP contribution in [-0.2, 0) is 15.9 Å². The van der Waals surface area contributed by atoms with E-state index in [1.54, 1.807) is 6.07 Å². The molecule has 31 heavy (non-hydrogen) atoms. The number of rotatable bonds is 3. The molecule has 172 valence electrons.